The highest BCUT2D eigenvalue weighted by Gasteiger charge is 2.34. The van der Waals surface area contributed by atoms with Crippen molar-refractivity contribution in [3.05, 3.63) is 40.4 Å². The van der Waals surface area contributed by atoms with Crippen LogP contribution in [0.1, 0.15) is 38.2 Å². The number of fused-ring (bicyclic) bond motifs is 3. The van der Waals surface area contributed by atoms with Gasteiger partial charge in [-0.2, -0.15) is 15.2 Å². The number of nitriles is 1. The first-order valence-corrected chi connectivity index (χ1v) is 15.8. The molecule has 0 radical (unpaired) electrons. The Hall–Kier alpha value is -3.37. The highest BCUT2D eigenvalue weighted by Crippen LogP contribution is 2.45. The fourth-order valence-corrected chi connectivity index (χ4v) is 7.71. The summed E-state index contributed by atoms with van der Waals surface area (Å²) < 4.78 is 54.5. The minimum atomic E-state index is -0.727. The van der Waals surface area contributed by atoms with E-state index in [9.17, 15) is 14.0 Å². The predicted molar refractivity (Wildman–Crippen MR) is 167 cm³/mol. The summed E-state index contributed by atoms with van der Waals surface area (Å²) in [7, 11) is 1.41. The SMILES string of the molecule is COc1nc(N2CCCOCC2C)c2cc(Cl)c(-c3ccc(F)c4sc(N)c(C#N)c34)c(F)c2n1.FC1CC2CCCN2C1. The zero-order valence-corrected chi connectivity index (χ0v) is 26.0. The first kappa shape index (κ1) is 30.6. The lowest BCUT2D eigenvalue weighted by Gasteiger charge is -2.29. The van der Waals surface area contributed by atoms with Gasteiger partial charge >= 0.3 is 6.01 Å². The Kier molecular flexibility index (Phi) is 8.75. The second-order valence-electron chi connectivity index (χ2n) is 11.3. The van der Waals surface area contributed by atoms with Gasteiger partial charge in [0.1, 0.15) is 34.4 Å². The van der Waals surface area contributed by atoms with Gasteiger partial charge in [-0.15, -0.1) is 11.3 Å². The molecule has 3 aliphatic rings. The first-order valence-electron chi connectivity index (χ1n) is 14.6. The van der Waals surface area contributed by atoms with Gasteiger partial charge in [-0.3, -0.25) is 4.90 Å². The van der Waals surface area contributed by atoms with Crippen LogP contribution >= 0.6 is 22.9 Å². The van der Waals surface area contributed by atoms with Crippen LogP contribution in [0.25, 0.3) is 32.1 Å². The number of anilines is 2. The van der Waals surface area contributed by atoms with E-state index < -0.39 is 17.8 Å². The molecule has 7 rings (SSSR count). The minimum Gasteiger partial charge on any atom is -0.467 e. The van der Waals surface area contributed by atoms with Crippen LogP contribution in [0, 0.1) is 23.0 Å². The number of nitrogens with zero attached hydrogens (tertiary/aromatic N) is 5. The van der Waals surface area contributed by atoms with Crippen LogP contribution in [0.3, 0.4) is 0 Å². The fraction of sp³-hybridized carbons (Fsp3) is 0.452. The number of ether oxygens (including phenoxy) is 2. The molecule has 2 aromatic heterocycles. The van der Waals surface area contributed by atoms with Gasteiger partial charge in [0.05, 0.1) is 35.0 Å². The van der Waals surface area contributed by atoms with Crippen molar-refractivity contribution < 1.29 is 22.6 Å². The number of methoxy groups -OCH3 is 1. The topological polar surface area (TPSA) is 101 Å². The lowest BCUT2D eigenvalue weighted by Crippen LogP contribution is -2.36. The molecule has 4 aromatic rings. The second-order valence-corrected chi connectivity index (χ2v) is 12.8. The molecule has 2 aromatic carbocycles. The molecule has 8 nitrogen and oxygen atoms in total. The molecule has 13 heteroatoms. The number of hydrogen-bond acceptors (Lipinski definition) is 9. The highest BCUT2D eigenvalue weighted by molar-refractivity contribution is 7.23. The molecule has 0 aliphatic carbocycles. The summed E-state index contributed by atoms with van der Waals surface area (Å²) in [6.45, 7) is 5.61. The van der Waals surface area contributed by atoms with E-state index in [-0.39, 0.29) is 54.4 Å². The Bertz CT molecular complexity index is 1750. The molecule has 5 heterocycles. The zero-order chi connectivity index (χ0) is 31.1. The fourth-order valence-electron chi connectivity index (χ4n) is 6.47. The number of thiophene rings is 1. The molecule has 3 fully saturated rings. The van der Waals surface area contributed by atoms with Crippen LogP contribution in [0.4, 0.5) is 24.0 Å². The summed E-state index contributed by atoms with van der Waals surface area (Å²) in [5.74, 6) is -0.795. The molecule has 44 heavy (non-hydrogen) atoms. The second kappa shape index (κ2) is 12.6. The number of hydrogen-bond donors (Lipinski definition) is 1. The Labute approximate surface area is 262 Å². The van der Waals surface area contributed by atoms with Crippen molar-refractivity contribution >= 4 is 54.7 Å². The minimum absolute atomic E-state index is 0.00113. The number of benzene rings is 2. The highest BCUT2D eigenvalue weighted by atomic mass is 35.5. The average molecular weight is 645 g/mol. The van der Waals surface area contributed by atoms with Gasteiger partial charge in [-0.1, -0.05) is 17.7 Å². The molecule has 0 bridgehead atoms. The third-order valence-electron chi connectivity index (χ3n) is 8.53. The smallest absolute Gasteiger partial charge is 0.318 e. The van der Waals surface area contributed by atoms with Crippen molar-refractivity contribution in [3.63, 3.8) is 0 Å². The zero-order valence-electron chi connectivity index (χ0n) is 24.4. The third kappa shape index (κ3) is 5.51. The molecule has 0 saturated carbocycles. The summed E-state index contributed by atoms with van der Waals surface area (Å²) in [5, 5.41) is 10.5. The lowest BCUT2D eigenvalue weighted by atomic mass is 9.97. The maximum Gasteiger partial charge on any atom is 0.318 e. The van der Waals surface area contributed by atoms with Gasteiger partial charge in [0.15, 0.2) is 5.82 Å². The first-order chi connectivity index (χ1) is 21.2. The van der Waals surface area contributed by atoms with E-state index in [0.29, 0.717) is 43.5 Å². The van der Waals surface area contributed by atoms with Crippen LogP contribution in [-0.4, -0.2) is 73.1 Å². The molecular weight excluding hydrogens is 613 g/mol. The van der Waals surface area contributed by atoms with Crippen LogP contribution < -0.4 is 15.4 Å². The standard InChI is InChI=1S/C24H20ClF2N5O2S.C7H12FN/c1-11-10-34-7-3-6-32(11)23-13-8-15(25)18(19(27)20(13)30-24(31-23)33-2)12-4-5-16(26)21-17(12)14(9-28)22(29)35-21;8-6-4-7-2-1-3-9(7)5-6/h4-5,8,11H,3,6-7,10,29H2,1-2H3;6-7H,1-5H2. The molecule has 3 saturated heterocycles. The van der Waals surface area contributed by atoms with Crippen LogP contribution in [0.5, 0.6) is 6.01 Å². The Balaban J connectivity index is 0.000000323. The van der Waals surface area contributed by atoms with Gasteiger partial charge in [0.2, 0.25) is 0 Å². The van der Waals surface area contributed by atoms with Gasteiger partial charge in [-0.25, -0.2) is 13.2 Å². The third-order valence-corrected chi connectivity index (χ3v) is 9.86. The number of halogens is 4. The number of alkyl halides is 1. The van der Waals surface area contributed by atoms with E-state index in [4.69, 9.17) is 26.8 Å². The number of rotatable bonds is 3. The van der Waals surface area contributed by atoms with Crippen molar-refractivity contribution in [3.8, 4) is 23.2 Å². The summed E-state index contributed by atoms with van der Waals surface area (Å²) in [6, 6.07) is 6.79. The van der Waals surface area contributed by atoms with Crippen molar-refractivity contribution in [1.29, 1.82) is 5.26 Å². The van der Waals surface area contributed by atoms with E-state index >= 15 is 4.39 Å². The maximum atomic E-state index is 16.2. The Morgan fingerprint density at radius 2 is 2.05 bits per heavy atom. The van der Waals surface area contributed by atoms with Gasteiger partial charge in [0, 0.05) is 42.1 Å². The van der Waals surface area contributed by atoms with Crippen LogP contribution in [-0.2, 0) is 4.74 Å². The monoisotopic (exact) mass is 644 g/mol. The summed E-state index contributed by atoms with van der Waals surface area (Å²) in [6.07, 6.45) is 3.59. The number of nitrogens with two attached hydrogens (primary N) is 1. The van der Waals surface area contributed by atoms with Crippen molar-refractivity contribution in [2.45, 2.75) is 50.9 Å². The van der Waals surface area contributed by atoms with E-state index in [1.165, 1.54) is 32.1 Å². The van der Waals surface area contributed by atoms with Crippen LogP contribution in [0.15, 0.2) is 18.2 Å². The Morgan fingerprint density at radius 3 is 2.80 bits per heavy atom. The Morgan fingerprint density at radius 1 is 1.23 bits per heavy atom. The molecule has 3 unspecified atom stereocenters. The lowest BCUT2D eigenvalue weighted by molar-refractivity contribution is 0.137. The van der Waals surface area contributed by atoms with E-state index in [0.717, 1.165) is 30.7 Å². The maximum absolute atomic E-state index is 16.2. The van der Waals surface area contributed by atoms with Gasteiger partial charge in [0.25, 0.3) is 0 Å². The molecule has 0 spiro atoms. The normalized spacial score (nSPS) is 22.0. The molecule has 3 aliphatic heterocycles. The molecule has 0 amide bonds. The van der Waals surface area contributed by atoms with E-state index in [1.807, 2.05) is 17.9 Å². The summed E-state index contributed by atoms with van der Waals surface area (Å²) in [4.78, 5) is 13.1. The van der Waals surface area contributed by atoms with Crippen molar-refractivity contribution in [2.24, 2.45) is 0 Å². The van der Waals surface area contributed by atoms with Gasteiger partial charge in [-0.05, 0) is 56.8 Å². The van der Waals surface area contributed by atoms with E-state index in [1.54, 1.807) is 6.07 Å². The quantitative estimate of drug-likeness (QED) is 0.263. The largest absolute Gasteiger partial charge is 0.467 e. The molecular formula is C31H32ClF3N6O2S. The predicted octanol–water partition coefficient (Wildman–Crippen LogP) is 6.71. The molecule has 3 atom stereocenters. The summed E-state index contributed by atoms with van der Waals surface area (Å²) >= 11 is 7.60. The van der Waals surface area contributed by atoms with Gasteiger partial charge < -0.3 is 20.1 Å². The van der Waals surface area contributed by atoms with Crippen LogP contribution in [0.2, 0.25) is 5.02 Å². The van der Waals surface area contributed by atoms with Crippen molar-refractivity contribution in [1.82, 2.24) is 14.9 Å². The molecule has 232 valence electrons. The number of aromatic nitrogens is 2. The summed E-state index contributed by atoms with van der Waals surface area (Å²) in [5.41, 5.74) is 6.30. The average Bonchev–Trinajstić information content (AvgIpc) is 3.63. The van der Waals surface area contributed by atoms with E-state index in [2.05, 4.69) is 14.9 Å². The molecule has 2 N–H and O–H groups in total. The van der Waals surface area contributed by atoms with Crippen molar-refractivity contribution in [2.75, 3.05) is 50.6 Å². The number of nitrogen functional groups attached to an aromatic ring is 1.